The highest BCUT2D eigenvalue weighted by Gasteiger charge is 2.15. The molecule has 0 aliphatic rings. The lowest BCUT2D eigenvalue weighted by atomic mass is 9.86. The third-order valence-corrected chi connectivity index (χ3v) is 6.45. The van der Waals surface area contributed by atoms with Crippen molar-refractivity contribution in [3.05, 3.63) is 102 Å². The van der Waals surface area contributed by atoms with E-state index in [9.17, 15) is 0 Å². The molecule has 0 saturated heterocycles. The van der Waals surface area contributed by atoms with E-state index in [1.807, 2.05) is 0 Å². The quantitative estimate of drug-likeness (QED) is 0.321. The molecule has 0 fully saturated rings. The predicted octanol–water partition coefficient (Wildman–Crippen LogP) is 8.86. The molecule has 0 aliphatic heterocycles. The summed E-state index contributed by atoms with van der Waals surface area (Å²) in [5.41, 5.74) is 17.4. The van der Waals surface area contributed by atoms with Gasteiger partial charge in [-0.25, -0.2) is 0 Å². The van der Waals surface area contributed by atoms with Crippen molar-refractivity contribution >= 4 is 5.69 Å². The average molecular weight is 434 g/mol. The predicted molar refractivity (Wildman–Crippen MR) is 145 cm³/mol. The van der Waals surface area contributed by atoms with E-state index in [4.69, 9.17) is 5.73 Å². The van der Waals surface area contributed by atoms with Gasteiger partial charge in [0.25, 0.3) is 0 Å². The first-order chi connectivity index (χ1) is 15.5. The topological polar surface area (TPSA) is 26.0 Å². The summed E-state index contributed by atoms with van der Waals surface area (Å²) in [5, 5.41) is 0. The van der Waals surface area contributed by atoms with Gasteiger partial charge in [0.15, 0.2) is 0 Å². The maximum Gasteiger partial charge on any atom is 0.0473 e. The molecule has 1 nitrogen and oxygen atoms in total. The number of nitrogen functional groups attached to an aromatic ring is 1. The van der Waals surface area contributed by atoms with Gasteiger partial charge in [0.05, 0.1) is 0 Å². The van der Waals surface area contributed by atoms with Crippen LogP contribution in [0.3, 0.4) is 0 Å². The first-order valence-corrected chi connectivity index (χ1v) is 11.7. The smallest absolute Gasteiger partial charge is 0.0473 e. The van der Waals surface area contributed by atoms with Crippen molar-refractivity contribution in [2.75, 3.05) is 5.73 Å². The zero-order valence-electron chi connectivity index (χ0n) is 20.7. The zero-order chi connectivity index (χ0) is 23.8. The lowest BCUT2D eigenvalue weighted by Crippen LogP contribution is -2.10. The molecule has 0 saturated carbocycles. The van der Waals surface area contributed by atoms with Crippen molar-refractivity contribution in [3.8, 4) is 33.4 Å². The molecule has 33 heavy (non-hydrogen) atoms. The third kappa shape index (κ3) is 4.88. The highest BCUT2D eigenvalue weighted by atomic mass is 14.6. The van der Waals surface area contributed by atoms with Gasteiger partial charge in [-0.3, -0.25) is 0 Å². The lowest BCUT2D eigenvalue weighted by Gasteiger charge is -2.19. The van der Waals surface area contributed by atoms with E-state index < -0.39 is 0 Å². The summed E-state index contributed by atoms with van der Waals surface area (Å²) in [7, 11) is 0. The number of para-hydroxylation sites is 1. The van der Waals surface area contributed by atoms with E-state index in [0.717, 1.165) is 27.9 Å². The fraction of sp³-hybridized carbons (Fsp3) is 0.250. The van der Waals surface area contributed by atoms with Gasteiger partial charge in [0.1, 0.15) is 0 Å². The number of hydrogen-bond acceptors (Lipinski definition) is 1. The van der Waals surface area contributed by atoms with Crippen molar-refractivity contribution in [3.63, 3.8) is 0 Å². The monoisotopic (exact) mass is 433 g/mol. The molecule has 1 heteroatoms. The number of nitrogens with two attached hydrogens (primary N) is 1. The SMILES string of the molecule is CC(C)(C)c1ccc(-c2ccc(-c3cccc(-c4ccc(C(C)(C)C)cc4)c3N)cc2)cc1. The molecule has 168 valence electrons. The van der Waals surface area contributed by atoms with Gasteiger partial charge >= 0.3 is 0 Å². The molecule has 0 unspecified atom stereocenters. The van der Waals surface area contributed by atoms with Crippen LogP contribution in [0.5, 0.6) is 0 Å². The normalized spacial score (nSPS) is 12.1. The third-order valence-electron chi connectivity index (χ3n) is 6.45. The standard InChI is InChI=1S/C32H35N/c1-31(2,3)26-18-14-23(15-19-26)22-10-12-24(13-11-22)28-8-7-9-29(30(28)33)25-16-20-27(21-17-25)32(4,5)6/h7-21H,33H2,1-6H3. The molecule has 0 atom stereocenters. The molecule has 0 spiro atoms. The van der Waals surface area contributed by atoms with Gasteiger partial charge in [0, 0.05) is 16.8 Å². The second-order valence-electron chi connectivity index (χ2n) is 11.0. The molecule has 4 rings (SSSR count). The van der Waals surface area contributed by atoms with Crippen LogP contribution in [0, 0.1) is 0 Å². The van der Waals surface area contributed by atoms with E-state index in [1.165, 1.54) is 22.3 Å². The summed E-state index contributed by atoms with van der Waals surface area (Å²) in [6.07, 6.45) is 0. The summed E-state index contributed by atoms with van der Waals surface area (Å²) in [6, 6.07) is 32.7. The van der Waals surface area contributed by atoms with Gasteiger partial charge < -0.3 is 5.73 Å². The summed E-state index contributed by atoms with van der Waals surface area (Å²) in [5.74, 6) is 0. The minimum atomic E-state index is 0.140. The van der Waals surface area contributed by atoms with E-state index in [1.54, 1.807) is 0 Å². The lowest BCUT2D eigenvalue weighted by molar-refractivity contribution is 0.590. The Hall–Kier alpha value is -3.32. The van der Waals surface area contributed by atoms with Crippen molar-refractivity contribution in [1.82, 2.24) is 0 Å². The van der Waals surface area contributed by atoms with Crippen molar-refractivity contribution in [2.24, 2.45) is 0 Å². The van der Waals surface area contributed by atoms with Crippen LogP contribution in [0.1, 0.15) is 52.7 Å². The van der Waals surface area contributed by atoms with E-state index in [-0.39, 0.29) is 10.8 Å². The Bertz CT molecular complexity index is 1230. The Labute approximate surface area is 199 Å². The minimum Gasteiger partial charge on any atom is -0.398 e. The van der Waals surface area contributed by atoms with Crippen LogP contribution < -0.4 is 5.73 Å². The fourth-order valence-electron chi connectivity index (χ4n) is 4.22. The van der Waals surface area contributed by atoms with Crippen LogP contribution >= 0.6 is 0 Å². The van der Waals surface area contributed by atoms with E-state index >= 15 is 0 Å². The molecule has 0 amide bonds. The second-order valence-corrected chi connectivity index (χ2v) is 11.0. The summed E-state index contributed by atoms with van der Waals surface area (Å²) >= 11 is 0. The Morgan fingerprint density at radius 1 is 0.424 bits per heavy atom. The highest BCUT2D eigenvalue weighted by molar-refractivity contribution is 5.89. The Morgan fingerprint density at radius 2 is 0.727 bits per heavy atom. The molecule has 4 aromatic rings. The van der Waals surface area contributed by atoms with E-state index in [0.29, 0.717) is 0 Å². The number of rotatable bonds is 3. The van der Waals surface area contributed by atoms with Crippen LogP contribution in [-0.4, -0.2) is 0 Å². The number of hydrogen-bond donors (Lipinski definition) is 1. The maximum absolute atomic E-state index is 6.68. The minimum absolute atomic E-state index is 0.140. The van der Waals surface area contributed by atoms with Gasteiger partial charge in [-0.05, 0) is 44.2 Å². The highest BCUT2D eigenvalue weighted by Crippen LogP contribution is 2.36. The van der Waals surface area contributed by atoms with Gasteiger partial charge in [-0.1, -0.05) is 133 Å². The zero-order valence-corrected chi connectivity index (χ0v) is 20.7. The first-order valence-electron chi connectivity index (χ1n) is 11.7. The molecule has 0 radical (unpaired) electrons. The van der Waals surface area contributed by atoms with Crippen LogP contribution in [0.25, 0.3) is 33.4 Å². The molecule has 4 aromatic carbocycles. The molecule has 0 aliphatic carbocycles. The largest absolute Gasteiger partial charge is 0.398 e. The summed E-state index contributed by atoms with van der Waals surface area (Å²) < 4.78 is 0. The Morgan fingerprint density at radius 3 is 1.09 bits per heavy atom. The van der Waals surface area contributed by atoms with Crippen LogP contribution in [-0.2, 0) is 10.8 Å². The van der Waals surface area contributed by atoms with Crippen LogP contribution in [0.15, 0.2) is 91.0 Å². The second kappa shape index (κ2) is 8.56. The fourth-order valence-corrected chi connectivity index (χ4v) is 4.22. The summed E-state index contributed by atoms with van der Waals surface area (Å²) in [6.45, 7) is 13.4. The van der Waals surface area contributed by atoms with Crippen molar-refractivity contribution < 1.29 is 0 Å². The molecule has 0 heterocycles. The Kier molecular flexibility index (Phi) is 5.93. The van der Waals surface area contributed by atoms with Gasteiger partial charge in [-0.2, -0.15) is 0 Å². The Balaban J connectivity index is 1.63. The molecule has 2 N–H and O–H groups in total. The van der Waals surface area contributed by atoms with Crippen molar-refractivity contribution in [1.29, 1.82) is 0 Å². The maximum atomic E-state index is 6.68. The average Bonchev–Trinajstić information content (AvgIpc) is 2.78. The number of anilines is 1. The molecule has 0 aromatic heterocycles. The molecular weight excluding hydrogens is 398 g/mol. The summed E-state index contributed by atoms with van der Waals surface area (Å²) in [4.78, 5) is 0. The van der Waals surface area contributed by atoms with Gasteiger partial charge in [0.2, 0.25) is 0 Å². The number of benzene rings is 4. The first kappa shape index (κ1) is 22.9. The van der Waals surface area contributed by atoms with Crippen LogP contribution in [0.2, 0.25) is 0 Å². The van der Waals surface area contributed by atoms with Crippen LogP contribution in [0.4, 0.5) is 5.69 Å². The van der Waals surface area contributed by atoms with Gasteiger partial charge in [-0.15, -0.1) is 0 Å². The van der Waals surface area contributed by atoms with E-state index in [2.05, 4.69) is 133 Å². The van der Waals surface area contributed by atoms with Crippen molar-refractivity contribution in [2.45, 2.75) is 52.4 Å². The molecule has 0 bridgehead atoms. The molecular formula is C32H35N.